The van der Waals surface area contributed by atoms with E-state index in [0.717, 1.165) is 6.07 Å². The Balaban J connectivity index is 0.00000392. The summed E-state index contributed by atoms with van der Waals surface area (Å²) in [4.78, 5) is 13.6. The summed E-state index contributed by atoms with van der Waals surface area (Å²) < 4.78 is 43.9. The van der Waals surface area contributed by atoms with Crippen molar-refractivity contribution >= 4 is 18.3 Å². The Morgan fingerprint density at radius 3 is 2.32 bits per heavy atom. The average Bonchev–Trinajstić information content (AvgIpc) is 2.65. The number of likely N-dealkylation sites (N-methyl/N-ethyl adjacent to an activating group) is 1. The van der Waals surface area contributed by atoms with Crippen LogP contribution in [0.4, 0.5) is 13.2 Å². The number of aliphatic hydroxyl groups excluding tert-OH is 1. The van der Waals surface area contributed by atoms with Crippen molar-refractivity contribution in [3.05, 3.63) is 65.7 Å². The number of alkyl halides is 3. The molecule has 1 amide bonds. The number of aliphatic hydroxyl groups is 1. The third kappa shape index (κ3) is 6.40. The highest BCUT2D eigenvalue weighted by Crippen LogP contribution is 2.35. The summed E-state index contributed by atoms with van der Waals surface area (Å²) in [6.45, 7) is -0.529. The fraction of sp³-hybridized carbons (Fsp3) is 0.316. The molecule has 0 spiro atoms. The maximum Gasteiger partial charge on any atom is 0.419 e. The minimum absolute atomic E-state index is 0. The van der Waals surface area contributed by atoms with Crippen LogP contribution in [0, 0.1) is 0 Å². The van der Waals surface area contributed by atoms with E-state index >= 15 is 0 Å². The third-order valence-electron chi connectivity index (χ3n) is 3.91. The van der Waals surface area contributed by atoms with Gasteiger partial charge in [-0.3, -0.25) is 4.79 Å². The Morgan fingerprint density at radius 2 is 1.71 bits per heavy atom. The molecule has 0 radical (unpaired) electrons. The molecule has 2 rings (SSSR count). The zero-order valence-electron chi connectivity index (χ0n) is 15.1. The van der Waals surface area contributed by atoms with E-state index in [1.165, 1.54) is 30.1 Å². The van der Waals surface area contributed by atoms with E-state index in [0.29, 0.717) is 5.56 Å². The maximum atomic E-state index is 12.9. The first-order chi connectivity index (χ1) is 12.7. The Labute approximate surface area is 167 Å². The molecular weight excluding hydrogens is 397 g/mol. The van der Waals surface area contributed by atoms with Crippen LogP contribution < -0.4 is 10.5 Å². The summed E-state index contributed by atoms with van der Waals surface area (Å²) in [5.74, 6) is -0.796. The first-order valence-electron chi connectivity index (χ1n) is 8.22. The van der Waals surface area contributed by atoms with Gasteiger partial charge in [0.25, 0.3) is 0 Å². The van der Waals surface area contributed by atoms with E-state index in [1.54, 1.807) is 30.3 Å². The number of rotatable bonds is 7. The standard InChI is InChI=1S/C19H21F3N2O3.ClH/c1-24(18(26)17(23)13-7-3-2-4-8-13)11-14(25)12-27-16-10-6-5-9-15(16)19(20,21)22;/h2-10,14,17,25H,11-12,23H2,1H3;1H. The highest BCUT2D eigenvalue weighted by Gasteiger charge is 2.34. The maximum absolute atomic E-state index is 12.9. The SMILES string of the molecule is CN(CC(O)COc1ccccc1C(F)(F)F)C(=O)C(N)c1ccccc1.Cl. The summed E-state index contributed by atoms with van der Waals surface area (Å²) in [6.07, 6.45) is -5.74. The number of nitrogens with two attached hydrogens (primary N) is 1. The van der Waals surface area contributed by atoms with Crippen LogP contribution in [0.15, 0.2) is 54.6 Å². The quantitative estimate of drug-likeness (QED) is 0.724. The average molecular weight is 419 g/mol. The van der Waals surface area contributed by atoms with Gasteiger partial charge >= 0.3 is 6.18 Å². The molecule has 28 heavy (non-hydrogen) atoms. The van der Waals surface area contributed by atoms with E-state index in [9.17, 15) is 23.1 Å². The topological polar surface area (TPSA) is 75.8 Å². The van der Waals surface area contributed by atoms with E-state index in [4.69, 9.17) is 10.5 Å². The first kappa shape index (κ1) is 23.7. The molecule has 0 aromatic heterocycles. The molecule has 2 aromatic rings. The second-order valence-electron chi connectivity index (χ2n) is 6.07. The number of benzene rings is 2. The molecule has 0 aliphatic heterocycles. The molecule has 9 heteroatoms. The second-order valence-corrected chi connectivity index (χ2v) is 6.07. The third-order valence-corrected chi connectivity index (χ3v) is 3.91. The minimum atomic E-state index is -4.56. The minimum Gasteiger partial charge on any atom is -0.490 e. The molecule has 0 saturated heterocycles. The van der Waals surface area contributed by atoms with Gasteiger partial charge in [-0.2, -0.15) is 13.2 Å². The van der Waals surface area contributed by atoms with Gasteiger partial charge in [0, 0.05) is 13.6 Å². The predicted molar refractivity (Wildman–Crippen MR) is 101 cm³/mol. The number of hydrogen-bond acceptors (Lipinski definition) is 4. The Kier molecular flexibility index (Phi) is 8.74. The van der Waals surface area contributed by atoms with Crippen LogP contribution in [0.25, 0.3) is 0 Å². The van der Waals surface area contributed by atoms with Crippen LogP contribution in [0.1, 0.15) is 17.2 Å². The largest absolute Gasteiger partial charge is 0.490 e. The number of nitrogens with zero attached hydrogens (tertiary/aromatic N) is 1. The van der Waals surface area contributed by atoms with Gasteiger partial charge in [-0.1, -0.05) is 42.5 Å². The summed E-state index contributed by atoms with van der Waals surface area (Å²) in [5.41, 5.74) is 5.62. The first-order valence-corrected chi connectivity index (χ1v) is 8.22. The lowest BCUT2D eigenvalue weighted by molar-refractivity contribution is -0.139. The fourth-order valence-corrected chi connectivity index (χ4v) is 2.51. The van der Waals surface area contributed by atoms with Crippen LogP contribution >= 0.6 is 12.4 Å². The van der Waals surface area contributed by atoms with E-state index < -0.39 is 36.4 Å². The van der Waals surface area contributed by atoms with Gasteiger partial charge in [-0.05, 0) is 17.7 Å². The van der Waals surface area contributed by atoms with Gasteiger partial charge in [0.05, 0.1) is 5.56 Å². The Hall–Kier alpha value is -2.29. The van der Waals surface area contributed by atoms with E-state index in [2.05, 4.69) is 0 Å². The summed E-state index contributed by atoms with van der Waals surface area (Å²) in [5, 5.41) is 10.0. The van der Waals surface area contributed by atoms with Crippen molar-refractivity contribution in [2.75, 3.05) is 20.2 Å². The normalized spacial score (nSPS) is 13.2. The Bertz CT molecular complexity index is 760. The molecule has 3 N–H and O–H groups in total. The molecule has 5 nitrogen and oxygen atoms in total. The molecule has 0 bridgehead atoms. The molecule has 0 saturated carbocycles. The molecule has 154 valence electrons. The van der Waals surface area contributed by atoms with Gasteiger partial charge in [0.15, 0.2) is 0 Å². The molecule has 0 aliphatic rings. The van der Waals surface area contributed by atoms with Crippen LogP contribution in [-0.4, -0.2) is 42.2 Å². The highest BCUT2D eigenvalue weighted by atomic mass is 35.5. The number of hydrogen-bond donors (Lipinski definition) is 2. The van der Waals surface area contributed by atoms with Gasteiger partial charge in [-0.25, -0.2) is 0 Å². The molecule has 0 aliphatic carbocycles. The number of para-hydroxylation sites is 1. The van der Waals surface area contributed by atoms with Crippen molar-refractivity contribution in [3.63, 3.8) is 0 Å². The van der Waals surface area contributed by atoms with Crippen molar-refractivity contribution in [1.29, 1.82) is 0 Å². The van der Waals surface area contributed by atoms with Crippen LogP contribution in [0.2, 0.25) is 0 Å². The number of ether oxygens (including phenoxy) is 1. The van der Waals surface area contributed by atoms with E-state index in [1.807, 2.05) is 0 Å². The van der Waals surface area contributed by atoms with Gasteiger partial charge in [0.1, 0.15) is 24.5 Å². The smallest absolute Gasteiger partial charge is 0.419 e. The summed E-state index contributed by atoms with van der Waals surface area (Å²) in [7, 11) is 1.46. The van der Waals surface area contributed by atoms with E-state index in [-0.39, 0.29) is 24.7 Å². The zero-order chi connectivity index (χ0) is 20.0. The van der Waals surface area contributed by atoms with Crippen molar-refractivity contribution in [2.24, 2.45) is 5.73 Å². The van der Waals surface area contributed by atoms with Gasteiger partial charge in [0.2, 0.25) is 5.91 Å². The summed E-state index contributed by atoms with van der Waals surface area (Å²) >= 11 is 0. The van der Waals surface area contributed by atoms with Gasteiger partial charge < -0.3 is 20.5 Å². The zero-order valence-corrected chi connectivity index (χ0v) is 15.9. The van der Waals surface area contributed by atoms with Crippen LogP contribution in [0.3, 0.4) is 0 Å². The molecular formula is C19H22ClF3N2O3. The predicted octanol–water partition coefficient (Wildman–Crippen LogP) is 3.03. The fourth-order valence-electron chi connectivity index (χ4n) is 2.51. The number of halogens is 4. The lowest BCUT2D eigenvalue weighted by Crippen LogP contribution is -2.41. The van der Waals surface area contributed by atoms with Crippen molar-refractivity contribution in [3.8, 4) is 5.75 Å². The van der Waals surface area contributed by atoms with Gasteiger partial charge in [-0.15, -0.1) is 12.4 Å². The number of carbonyl (C=O) groups is 1. The number of carbonyl (C=O) groups excluding carboxylic acids is 1. The van der Waals surface area contributed by atoms with Crippen LogP contribution in [0.5, 0.6) is 5.75 Å². The molecule has 0 heterocycles. The molecule has 2 aromatic carbocycles. The molecule has 0 fully saturated rings. The lowest BCUT2D eigenvalue weighted by atomic mass is 10.1. The Morgan fingerprint density at radius 1 is 1.14 bits per heavy atom. The second kappa shape index (κ2) is 10.3. The molecule has 2 unspecified atom stereocenters. The number of amides is 1. The van der Waals surface area contributed by atoms with Crippen LogP contribution in [-0.2, 0) is 11.0 Å². The monoisotopic (exact) mass is 418 g/mol. The van der Waals surface area contributed by atoms with Crippen molar-refractivity contribution < 1.29 is 27.8 Å². The van der Waals surface area contributed by atoms with Crippen molar-refractivity contribution in [2.45, 2.75) is 18.3 Å². The molecule has 2 atom stereocenters. The lowest BCUT2D eigenvalue weighted by Gasteiger charge is -2.24. The summed E-state index contributed by atoms with van der Waals surface area (Å²) in [6, 6.07) is 12.6. The highest BCUT2D eigenvalue weighted by molar-refractivity contribution is 5.85. The van der Waals surface area contributed by atoms with Crippen molar-refractivity contribution in [1.82, 2.24) is 4.90 Å².